The highest BCUT2D eigenvalue weighted by Crippen LogP contribution is 2.43. The van der Waals surface area contributed by atoms with Crippen molar-refractivity contribution in [3.05, 3.63) is 75.8 Å². The predicted molar refractivity (Wildman–Crippen MR) is 119 cm³/mol. The van der Waals surface area contributed by atoms with Crippen LogP contribution in [0.15, 0.2) is 47.1 Å². The Morgan fingerprint density at radius 1 is 1.20 bits per heavy atom. The highest BCUT2D eigenvalue weighted by atomic mass is 32.1. The molecule has 6 heteroatoms. The van der Waals surface area contributed by atoms with Gasteiger partial charge in [-0.3, -0.25) is 9.69 Å². The topological polar surface area (TPSA) is 45.5 Å². The van der Waals surface area contributed by atoms with Gasteiger partial charge < -0.3 is 9.73 Å². The summed E-state index contributed by atoms with van der Waals surface area (Å²) in [5.74, 6) is 0.496. The first-order valence-corrected chi connectivity index (χ1v) is 11.2. The van der Waals surface area contributed by atoms with Crippen LogP contribution < -0.4 is 5.32 Å². The van der Waals surface area contributed by atoms with Gasteiger partial charge in [0.25, 0.3) is 5.91 Å². The van der Waals surface area contributed by atoms with Crippen LogP contribution in [0.4, 0.5) is 9.39 Å². The second-order valence-electron chi connectivity index (χ2n) is 8.13. The fourth-order valence-corrected chi connectivity index (χ4v) is 5.22. The van der Waals surface area contributed by atoms with Crippen LogP contribution in [0.3, 0.4) is 0 Å². The molecule has 1 aromatic carbocycles. The molecule has 30 heavy (non-hydrogen) atoms. The number of likely N-dealkylation sites (tertiary alicyclic amines) is 1. The van der Waals surface area contributed by atoms with Gasteiger partial charge in [0.2, 0.25) is 0 Å². The quantitative estimate of drug-likeness (QED) is 0.531. The SMILES string of the molecule is Cc1sc(NC(=O)c2ccco2)c(C(c2ccc(F)cc2)N2CCC(C)CC2)c1C. The molecular formula is C24H27FN2O2S. The molecular weight excluding hydrogens is 399 g/mol. The number of halogens is 1. The minimum absolute atomic E-state index is 0.0325. The molecule has 1 atom stereocenters. The smallest absolute Gasteiger partial charge is 0.291 e. The molecule has 1 fully saturated rings. The van der Waals surface area contributed by atoms with Crippen molar-refractivity contribution in [1.82, 2.24) is 4.90 Å². The van der Waals surface area contributed by atoms with Gasteiger partial charge >= 0.3 is 0 Å². The van der Waals surface area contributed by atoms with Crippen LogP contribution in [0.1, 0.15) is 57.9 Å². The van der Waals surface area contributed by atoms with E-state index in [1.807, 2.05) is 12.1 Å². The van der Waals surface area contributed by atoms with Gasteiger partial charge in [0, 0.05) is 10.4 Å². The number of benzene rings is 1. The van der Waals surface area contributed by atoms with E-state index in [0.29, 0.717) is 5.92 Å². The van der Waals surface area contributed by atoms with Gasteiger partial charge in [-0.25, -0.2) is 4.39 Å². The van der Waals surface area contributed by atoms with E-state index in [0.717, 1.165) is 46.9 Å². The Morgan fingerprint density at radius 2 is 1.90 bits per heavy atom. The summed E-state index contributed by atoms with van der Waals surface area (Å²) < 4.78 is 18.9. The van der Waals surface area contributed by atoms with Crippen molar-refractivity contribution in [2.45, 2.75) is 39.7 Å². The predicted octanol–water partition coefficient (Wildman–Crippen LogP) is 6.17. The maximum Gasteiger partial charge on any atom is 0.291 e. The largest absolute Gasteiger partial charge is 0.459 e. The first-order chi connectivity index (χ1) is 14.4. The number of amides is 1. The molecule has 158 valence electrons. The number of nitrogens with one attached hydrogen (secondary N) is 1. The Morgan fingerprint density at radius 3 is 2.53 bits per heavy atom. The van der Waals surface area contributed by atoms with Crippen molar-refractivity contribution in [3.63, 3.8) is 0 Å². The van der Waals surface area contributed by atoms with E-state index in [4.69, 9.17) is 4.42 Å². The van der Waals surface area contributed by atoms with Gasteiger partial charge in [0.15, 0.2) is 5.76 Å². The third-order valence-electron chi connectivity index (χ3n) is 6.05. The number of thiophene rings is 1. The molecule has 1 unspecified atom stereocenters. The van der Waals surface area contributed by atoms with Gasteiger partial charge in [-0.05, 0) is 81.1 Å². The van der Waals surface area contributed by atoms with Crippen molar-refractivity contribution in [2.24, 2.45) is 5.92 Å². The molecule has 3 aromatic rings. The fraction of sp³-hybridized carbons (Fsp3) is 0.375. The fourth-order valence-electron chi connectivity index (χ4n) is 4.13. The lowest BCUT2D eigenvalue weighted by atomic mass is 9.91. The number of carbonyl (C=O) groups excluding carboxylic acids is 1. The molecule has 0 spiro atoms. The Labute approximate surface area is 180 Å². The maximum absolute atomic E-state index is 13.7. The summed E-state index contributed by atoms with van der Waals surface area (Å²) in [6.07, 6.45) is 3.76. The van der Waals surface area contributed by atoms with E-state index in [1.54, 1.807) is 23.5 Å². The lowest BCUT2D eigenvalue weighted by Crippen LogP contribution is -2.37. The Bertz CT molecular complexity index is 1000. The minimum Gasteiger partial charge on any atom is -0.459 e. The molecule has 1 aliphatic rings. The number of nitrogens with zero attached hydrogens (tertiary/aromatic N) is 1. The normalized spacial score (nSPS) is 16.5. The summed E-state index contributed by atoms with van der Waals surface area (Å²) in [5.41, 5.74) is 3.31. The van der Waals surface area contributed by atoms with E-state index < -0.39 is 0 Å². The summed E-state index contributed by atoms with van der Waals surface area (Å²) in [7, 11) is 0. The first kappa shape index (κ1) is 20.8. The second kappa shape index (κ2) is 8.74. The Balaban J connectivity index is 1.76. The average molecular weight is 427 g/mol. The number of anilines is 1. The summed E-state index contributed by atoms with van der Waals surface area (Å²) in [5, 5.41) is 3.90. The van der Waals surface area contributed by atoms with Crippen LogP contribution in [0.25, 0.3) is 0 Å². The second-order valence-corrected chi connectivity index (χ2v) is 9.35. The lowest BCUT2D eigenvalue weighted by molar-refractivity contribution is 0.0996. The van der Waals surface area contributed by atoms with E-state index in [1.165, 1.54) is 24.0 Å². The molecule has 1 aliphatic heterocycles. The molecule has 1 N–H and O–H groups in total. The van der Waals surface area contributed by atoms with Crippen molar-refractivity contribution >= 4 is 22.2 Å². The van der Waals surface area contributed by atoms with E-state index >= 15 is 0 Å². The monoisotopic (exact) mass is 426 g/mol. The zero-order valence-corrected chi connectivity index (χ0v) is 18.4. The third-order valence-corrected chi connectivity index (χ3v) is 7.18. The van der Waals surface area contributed by atoms with Gasteiger partial charge in [-0.15, -0.1) is 11.3 Å². The van der Waals surface area contributed by atoms with Gasteiger partial charge in [0.1, 0.15) is 10.8 Å². The van der Waals surface area contributed by atoms with Crippen LogP contribution in [-0.2, 0) is 0 Å². The van der Waals surface area contributed by atoms with Crippen molar-refractivity contribution in [1.29, 1.82) is 0 Å². The Kier molecular flexibility index (Phi) is 6.06. The third kappa shape index (κ3) is 4.20. The first-order valence-electron chi connectivity index (χ1n) is 10.4. The van der Waals surface area contributed by atoms with E-state index in [9.17, 15) is 9.18 Å². The van der Waals surface area contributed by atoms with Crippen LogP contribution in [0.5, 0.6) is 0 Å². The van der Waals surface area contributed by atoms with Crippen LogP contribution in [0.2, 0.25) is 0 Å². The number of piperidine rings is 1. The molecule has 3 heterocycles. The van der Waals surface area contributed by atoms with E-state index in [-0.39, 0.29) is 23.5 Å². The number of rotatable bonds is 5. The molecule has 4 rings (SSSR count). The van der Waals surface area contributed by atoms with Gasteiger partial charge in [0.05, 0.1) is 12.3 Å². The van der Waals surface area contributed by atoms with Crippen LogP contribution >= 0.6 is 11.3 Å². The average Bonchev–Trinajstić information content (AvgIpc) is 3.36. The maximum atomic E-state index is 13.7. The molecule has 0 saturated carbocycles. The zero-order chi connectivity index (χ0) is 21.3. The summed E-state index contributed by atoms with van der Waals surface area (Å²) in [6.45, 7) is 8.42. The molecule has 0 radical (unpaired) electrons. The molecule has 0 bridgehead atoms. The van der Waals surface area contributed by atoms with Crippen LogP contribution in [0, 0.1) is 25.6 Å². The van der Waals surface area contributed by atoms with Crippen molar-refractivity contribution in [3.8, 4) is 0 Å². The Hall–Kier alpha value is -2.44. The molecule has 1 amide bonds. The number of carbonyl (C=O) groups is 1. The molecule has 4 nitrogen and oxygen atoms in total. The molecule has 0 aliphatic carbocycles. The van der Waals surface area contributed by atoms with Gasteiger partial charge in [-0.1, -0.05) is 19.1 Å². The van der Waals surface area contributed by atoms with Crippen LogP contribution in [-0.4, -0.2) is 23.9 Å². The van der Waals surface area contributed by atoms with E-state index in [2.05, 4.69) is 31.0 Å². The lowest BCUT2D eigenvalue weighted by Gasteiger charge is -2.37. The standard InChI is InChI=1S/C24H27FN2O2S/c1-15-10-12-27(13-11-15)22(18-6-8-19(25)9-7-18)21-16(2)17(3)30-24(21)26-23(28)20-5-4-14-29-20/h4-9,14-15,22H,10-13H2,1-3H3,(H,26,28). The highest BCUT2D eigenvalue weighted by Gasteiger charge is 2.31. The summed E-state index contributed by atoms with van der Waals surface area (Å²) in [6, 6.07) is 10.1. The number of hydrogen-bond donors (Lipinski definition) is 1. The summed E-state index contributed by atoms with van der Waals surface area (Å²) >= 11 is 1.58. The number of hydrogen-bond acceptors (Lipinski definition) is 4. The van der Waals surface area contributed by atoms with Gasteiger partial charge in [-0.2, -0.15) is 0 Å². The number of furan rings is 1. The molecule has 1 saturated heterocycles. The molecule has 2 aromatic heterocycles. The summed E-state index contributed by atoms with van der Waals surface area (Å²) in [4.78, 5) is 16.3. The zero-order valence-electron chi connectivity index (χ0n) is 17.6. The van der Waals surface area contributed by atoms with Crippen molar-refractivity contribution in [2.75, 3.05) is 18.4 Å². The minimum atomic E-state index is -0.257. The highest BCUT2D eigenvalue weighted by molar-refractivity contribution is 7.16. The van der Waals surface area contributed by atoms with Crippen molar-refractivity contribution < 1.29 is 13.6 Å². The number of aryl methyl sites for hydroxylation is 1.